The summed E-state index contributed by atoms with van der Waals surface area (Å²) in [5.41, 5.74) is 3.02. The minimum Gasteiger partial charge on any atom is -0.444 e. The molecule has 2 aliphatic rings. The summed E-state index contributed by atoms with van der Waals surface area (Å²) < 4.78 is 55.0. The molecule has 11 heteroatoms. The largest absolute Gasteiger partial charge is 0.444 e. The third kappa shape index (κ3) is 7.94. The SMILES string of the molecule is C[C@@H]1Cc2c([nH]c3ccccc23)[C@@H](c2ccc(C(F)C3CN(C(=O)OC(C)(C)C)C3)cc2C#N)N1CC(F)(F)CCC(C)(C)[Si](O)(c1ccccc1)c1ccccc1. The van der Waals surface area contributed by atoms with Crippen LogP contribution >= 0.6 is 0 Å². The Balaban J connectivity index is 1.18. The van der Waals surface area contributed by atoms with Crippen molar-refractivity contribution in [3.05, 3.63) is 131 Å². The summed E-state index contributed by atoms with van der Waals surface area (Å²) in [4.78, 5) is 31.9. The second kappa shape index (κ2) is 15.7. The van der Waals surface area contributed by atoms with Crippen LogP contribution in [0, 0.1) is 17.2 Å². The number of nitriles is 1. The van der Waals surface area contributed by atoms with Crippen LogP contribution in [0.1, 0.15) is 94.5 Å². The topological polar surface area (TPSA) is 92.6 Å². The average Bonchev–Trinajstić information content (AvgIpc) is 3.54. The van der Waals surface area contributed by atoms with Crippen LogP contribution in [-0.2, 0) is 11.2 Å². The Morgan fingerprint density at radius 3 is 2.14 bits per heavy atom. The fourth-order valence-corrected chi connectivity index (χ4v) is 12.7. The zero-order chi connectivity index (χ0) is 41.6. The van der Waals surface area contributed by atoms with E-state index in [1.54, 1.807) is 37.8 Å². The van der Waals surface area contributed by atoms with Crippen molar-refractivity contribution in [1.82, 2.24) is 14.8 Å². The Hall–Kier alpha value is -4.89. The minimum atomic E-state index is -3.52. The van der Waals surface area contributed by atoms with Gasteiger partial charge in [-0.3, -0.25) is 4.90 Å². The highest BCUT2D eigenvalue weighted by Crippen LogP contribution is 2.46. The molecule has 304 valence electrons. The van der Waals surface area contributed by atoms with Crippen LogP contribution < -0.4 is 10.4 Å². The van der Waals surface area contributed by atoms with Crippen molar-refractivity contribution in [2.24, 2.45) is 5.92 Å². The van der Waals surface area contributed by atoms with Gasteiger partial charge in [0, 0.05) is 48.1 Å². The molecule has 1 aromatic heterocycles. The molecule has 0 saturated carbocycles. The van der Waals surface area contributed by atoms with Crippen molar-refractivity contribution in [2.75, 3.05) is 19.6 Å². The number of aromatic amines is 1. The number of likely N-dealkylation sites (tertiary alicyclic amines) is 1. The van der Waals surface area contributed by atoms with Gasteiger partial charge in [0.05, 0.1) is 24.2 Å². The third-order valence-electron chi connectivity index (χ3n) is 12.2. The van der Waals surface area contributed by atoms with Gasteiger partial charge < -0.3 is 19.4 Å². The number of alkyl halides is 3. The van der Waals surface area contributed by atoms with Crippen molar-refractivity contribution >= 4 is 35.7 Å². The Bertz CT molecular complexity index is 2260. The van der Waals surface area contributed by atoms with Crippen molar-refractivity contribution < 1.29 is 27.5 Å². The summed E-state index contributed by atoms with van der Waals surface area (Å²) in [5, 5.41) is 12.2. The lowest BCUT2D eigenvalue weighted by molar-refractivity contribution is -0.0609. The van der Waals surface area contributed by atoms with E-state index in [0.29, 0.717) is 17.5 Å². The normalized spacial score (nSPS) is 18.7. The molecule has 1 fully saturated rings. The van der Waals surface area contributed by atoms with Crippen LogP contribution in [0.25, 0.3) is 10.9 Å². The van der Waals surface area contributed by atoms with Gasteiger partial charge in [0.25, 0.3) is 14.2 Å². The number of amides is 1. The first-order chi connectivity index (χ1) is 27.4. The number of carbonyl (C=O) groups is 1. The second-order valence-corrected chi connectivity index (χ2v) is 21.8. The molecule has 7 rings (SSSR count). The van der Waals surface area contributed by atoms with Gasteiger partial charge in [-0.1, -0.05) is 105 Å². The van der Waals surface area contributed by atoms with E-state index in [9.17, 15) is 14.9 Å². The van der Waals surface area contributed by atoms with E-state index in [0.717, 1.165) is 32.5 Å². The van der Waals surface area contributed by atoms with E-state index in [-0.39, 0.29) is 31.1 Å². The minimum absolute atomic E-state index is 0.0690. The Morgan fingerprint density at radius 1 is 0.931 bits per heavy atom. The van der Waals surface area contributed by atoms with Crippen molar-refractivity contribution in [1.29, 1.82) is 5.26 Å². The van der Waals surface area contributed by atoms with Crippen molar-refractivity contribution in [2.45, 2.75) is 95.6 Å². The standard InChI is InChI=1S/C47H53F3N4O3Si/c1-31-25-39-38-19-13-14-20-40(38)52-42(39)43(37-22-21-32(26-33(37)27-51)41(48)34-28-53(29-34)44(55)57-45(2,3)4)54(31)30-47(49,50)24-23-46(5,6)58(56,35-15-9-7-10-16-35)36-17-11-8-12-18-36/h7-22,26,31,34,41,43,52,56H,23-25,28-30H2,1-6H3/t31-,41?,43-/m1/s1. The van der Waals surface area contributed by atoms with Crippen LogP contribution in [0.4, 0.5) is 18.0 Å². The molecular weight excluding hydrogens is 754 g/mol. The predicted octanol–water partition coefficient (Wildman–Crippen LogP) is 9.20. The van der Waals surface area contributed by atoms with E-state index < -0.39 is 62.1 Å². The summed E-state index contributed by atoms with van der Waals surface area (Å²) in [5.74, 6) is -3.64. The molecule has 58 heavy (non-hydrogen) atoms. The maximum absolute atomic E-state index is 16.8. The first kappa shape index (κ1) is 41.3. The van der Waals surface area contributed by atoms with Gasteiger partial charge in [0.1, 0.15) is 11.8 Å². The van der Waals surface area contributed by atoms with Gasteiger partial charge >= 0.3 is 6.09 Å². The number of nitrogens with zero attached hydrogens (tertiary/aromatic N) is 3. The lowest BCUT2D eigenvalue weighted by Gasteiger charge is -2.44. The van der Waals surface area contributed by atoms with Crippen LogP contribution in [-0.4, -0.2) is 71.2 Å². The maximum atomic E-state index is 16.8. The summed E-state index contributed by atoms with van der Waals surface area (Å²) in [6.07, 6.45) is -1.80. The molecule has 4 aromatic carbocycles. The number of carbonyl (C=O) groups excluding carboxylic acids is 1. The molecule has 1 unspecified atom stereocenters. The number of H-pyrrole nitrogens is 1. The molecule has 1 amide bonds. The van der Waals surface area contributed by atoms with Crippen LogP contribution in [0.3, 0.4) is 0 Å². The molecule has 0 radical (unpaired) electrons. The van der Waals surface area contributed by atoms with Gasteiger partial charge in [-0.2, -0.15) is 5.26 Å². The number of benzene rings is 4. The summed E-state index contributed by atoms with van der Waals surface area (Å²) >= 11 is 0. The summed E-state index contributed by atoms with van der Waals surface area (Å²) in [6, 6.07) is 32.8. The summed E-state index contributed by atoms with van der Waals surface area (Å²) in [7, 11) is -3.52. The molecule has 2 aliphatic heterocycles. The number of hydrogen-bond donors (Lipinski definition) is 2. The highest BCUT2D eigenvalue weighted by molar-refractivity contribution is 6.98. The fourth-order valence-electron chi connectivity index (χ4n) is 8.94. The van der Waals surface area contributed by atoms with E-state index in [4.69, 9.17) is 4.74 Å². The highest BCUT2D eigenvalue weighted by atomic mass is 28.4. The number of aromatic nitrogens is 1. The van der Waals surface area contributed by atoms with E-state index >= 15 is 13.2 Å². The number of rotatable bonds is 11. The first-order valence-corrected chi connectivity index (χ1v) is 22.1. The monoisotopic (exact) mass is 806 g/mol. The molecular formula is C47H53F3N4O3Si. The highest BCUT2D eigenvalue weighted by Gasteiger charge is 2.52. The molecule has 7 nitrogen and oxygen atoms in total. The van der Waals surface area contributed by atoms with Crippen molar-refractivity contribution in [3.8, 4) is 6.07 Å². The Morgan fingerprint density at radius 2 is 1.53 bits per heavy atom. The molecule has 3 atom stereocenters. The van der Waals surface area contributed by atoms with Gasteiger partial charge in [0.15, 0.2) is 0 Å². The molecule has 2 N–H and O–H groups in total. The Labute approximate surface area is 340 Å². The number of ether oxygens (including phenoxy) is 1. The average molecular weight is 807 g/mol. The van der Waals surface area contributed by atoms with E-state index in [2.05, 4.69) is 11.1 Å². The maximum Gasteiger partial charge on any atom is 0.410 e. The molecule has 0 spiro atoms. The fraction of sp³-hybridized carbons (Fsp3) is 0.404. The molecule has 3 heterocycles. The molecule has 0 bridgehead atoms. The van der Waals surface area contributed by atoms with Gasteiger partial charge in [-0.15, -0.1) is 0 Å². The van der Waals surface area contributed by atoms with Gasteiger partial charge in [0.2, 0.25) is 0 Å². The van der Waals surface area contributed by atoms with Gasteiger partial charge in [-0.05, 0) is 84.8 Å². The quantitative estimate of drug-likeness (QED) is 0.130. The zero-order valence-electron chi connectivity index (χ0n) is 34.1. The van der Waals surface area contributed by atoms with Crippen LogP contribution in [0.5, 0.6) is 0 Å². The smallest absolute Gasteiger partial charge is 0.410 e. The van der Waals surface area contributed by atoms with Crippen molar-refractivity contribution in [3.63, 3.8) is 0 Å². The third-order valence-corrected chi connectivity index (χ3v) is 16.7. The second-order valence-electron chi connectivity index (χ2n) is 17.9. The molecule has 1 saturated heterocycles. The Kier molecular flexibility index (Phi) is 11.2. The van der Waals surface area contributed by atoms with Gasteiger partial charge in [-0.25, -0.2) is 18.0 Å². The van der Waals surface area contributed by atoms with Crippen LogP contribution in [0.15, 0.2) is 103 Å². The van der Waals surface area contributed by atoms with E-state index in [1.807, 2.05) is 106 Å². The van der Waals surface area contributed by atoms with E-state index in [1.165, 1.54) is 11.0 Å². The zero-order valence-corrected chi connectivity index (χ0v) is 35.1. The molecule has 0 aliphatic carbocycles. The number of halogens is 3. The number of nitrogens with one attached hydrogen (secondary N) is 1. The van der Waals surface area contributed by atoms with Crippen LogP contribution in [0.2, 0.25) is 5.04 Å². The predicted molar refractivity (Wildman–Crippen MR) is 225 cm³/mol. The number of para-hydroxylation sites is 1. The molecule has 5 aromatic rings. The number of hydrogen-bond acceptors (Lipinski definition) is 5. The lowest BCUT2D eigenvalue weighted by atomic mass is 9.84. The summed E-state index contributed by atoms with van der Waals surface area (Å²) in [6.45, 7) is 10.9. The first-order valence-electron chi connectivity index (χ1n) is 20.1. The lowest BCUT2D eigenvalue weighted by Crippen LogP contribution is -2.65. The number of fused-ring (bicyclic) bond motifs is 3.